The fourth-order valence-corrected chi connectivity index (χ4v) is 2.87. The van der Waals surface area contributed by atoms with Gasteiger partial charge < -0.3 is 24.8 Å². The minimum absolute atomic E-state index is 0.217. The summed E-state index contributed by atoms with van der Waals surface area (Å²) in [4.78, 5) is 6.12. The average Bonchev–Trinajstić information content (AvgIpc) is 3.11. The van der Waals surface area contributed by atoms with Crippen molar-refractivity contribution in [2.45, 2.75) is 25.6 Å². The molecule has 0 amide bonds. The zero-order valence-electron chi connectivity index (χ0n) is 15.2. The summed E-state index contributed by atoms with van der Waals surface area (Å²) in [6, 6.07) is 5.43. The van der Waals surface area contributed by atoms with Gasteiger partial charge in [0.2, 0.25) is 0 Å². The average molecular weight is 346 g/mol. The van der Waals surface area contributed by atoms with E-state index in [2.05, 4.69) is 16.4 Å². The third kappa shape index (κ3) is 4.84. The van der Waals surface area contributed by atoms with Crippen LogP contribution in [0.25, 0.3) is 0 Å². The van der Waals surface area contributed by atoms with Crippen molar-refractivity contribution >= 4 is 12.0 Å². The van der Waals surface area contributed by atoms with Crippen molar-refractivity contribution in [3.8, 4) is 17.6 Å². The molecule has 2 N–H and O–H groups in total. The summed E-state index contributed by atoms with van der Waals surface area (Å²) >= 11 is 0. The van der Waals surface area contributed by atoms with Crippen molar-refractivity contribution in [1.29, 1.82) is 5.26 Å². The van der Waals surface area contributed by atoms with E-state index in [0.717, 1.165) is 19.5 Å². The summed E-state index contributed by atoms with van der Waals surface area (Å²) in [5, 5.41) is 22.8. The summed E-state index contributed by atoms with van der Waals surface area (Å²) < 4.78 is 11.5. The second-order valence-corrected chi connectivity index (χ2v) is 6.42. The van der Waals surface area contributed by atoms with E-state index in [0.29, 0.717) is 22.7 Å². The monoisotopic (exact) mass is 346 g/mol. The number of aliphatic imine (C=N–C) groups is 1. The number of hydrogen-bond acceptors (Lipinski definition) is 6. The van der Waals surface area contributed by atoms with Crippen LogP contribution >= 0.6 is 0 Å². The van der Waals surface area contributed by atoms with Gasteiger partial charge in [-0.3, -0.25) is 0 Å². The third-order valence-electron chi connectivity index (χ3n) is 4.13. The van der Waals surface area contributed by atoms with Gasteiger partial charge in [-0.25, -0.2) is 4.99 Å². The summed E-state index contributed by atoms with van der Waals surface area (Å²) in [5.41, 5.74) is 0.902. The largest absolute Gasteiger partial charge is 0.493 e. The quantitative estimate of drug-likeness (QED) is 0.575. The molecule has 0 bridgehead atoms. The molecule has 0 saturated carbocycles. The predicted octanol–water partition coefficient (Wildman–Crippen LogP) is 1.53. The van der Waals surface area contributed by atoms with Gasteiger partial charge in [0.1, 0.15) is 12.2 Å². The van der Waals surface area contributed by atoms with Crippen LogP contribution in [-0.4, -0.2) is 62.8 Å². The lowest BCUT2D eigenvalue weighted by molar-refractivity contribution is 0.0145. The molecule has 1 heterocycles. The first-order valence-electron chi connectivity index (χ1n) is 8.34. The highest BCUT2D eigenvalue weighted by Gasteiger charge is 2.31. The number of aliphatic hydroxyl groups excluding tert-OH is 1. The molecule has 7 nitrogen and oxygen atoms in total. The highest BCUT2D eigenvalue weighted by atomic mass is 16.5. The van der Waals surface area contributed by atoms with Gasteiger partial charge >= 0.3 is 0 Å². The molecule has 1 saturated heterocycles. The Kier molecular flexibility index (Phi) is 6.62. The molecule has 7 heteroatoms. The van der Waals surface area contributed by atoms with Crippen molar-refractivity contribution in [1.82, 2.24) is 10.2 Å². The SMILES string of the molecule is COc1cc(C#N)c(N=CN(C)C)cc1OC(C1CCNC1)[C@H](C)O. The first-order chi connectivity index (χ1) is 12.0. The fourth-order valence-electron chi connectivity index (χ4n) is 2.87. The highest BCUT2D eigenvalue weighted by Crippen LogP contribution is 2.36. The Morgan fingerprint density at radius 3 is 2.72 bits per heavy atom. The van der Waals surface area contributed by atoms with Crippen LogP contribution in [0.5, 0.6) is 11.5 Å². The van der Waals surface area contributed by atoms with Gasteiger partial charge in [0.25, 0.3) is 0 Å². The molecule has 25 heavy (non-hydrogen) atoms. The molecule has 0 radical (unpaired) electrons. The van der Waals surface area contributed by atoms with Crippen LogP contribution in [0, 0.1) is 17.2 Å². The third-order valence-corrected chi connectivity index (χ3v) is 4.13. The molecule has 1 aliphatic rings. The number of aliphatic hydroxyl groups is 1. The van der Waals surface area contributed by atoms with Gasteiger partial charge in [0, 0.05) is 38.7 Å². The number of nitriles is 1. The predicted molar refractivity (Wildman–Crippen MR) is 96.6 cm³/mol. The van der Waals surface area contributed by atoms with Crippen LogP contribution in [0.15, 0.2) is 17.1 Å². The number of rotatable bonds is 7. The molecule has 1 aromatic rings. The summed E-state index contributed by atoms with van der Waals surface area (Å²) in [6.45, 7) is 3.45. The smallest absolute Gasteiger partial charge is 0.163 e. The summed E-state index contributed by atoms with van der Waals surface area (Å²) in [6.07, 6.45) is 1.58. The number of methoxy groups -OCH3 is 1. The van der Waals surface area contributed by atoms with E-state index in [1.165, 1.54) is 7.11 Å². The molecule has 0 aliphatic carbocycles. The lowest BCUT2D eigenvalue weighted by Crippen LogP contribution is -2.38. The van der Waals surface area contributed by atoms with Crippen molar-refractivity contribution < 1.29 is 14.6 Å². The van der Waals surface area contributed by atoms with Gasteiger partial charge in [-0.05, 0) is 19.9 Å². The molecule has 0 aromatic heterocycles. The second kappa shape index (κ2) is 8.70. The minimum Gasteiger partial charge on any atom is -0.493 e. The van der Waals surface area contributed by atoms with Crippen molar-refractivity contribution in [3.05, 3.63) is 17.7 Å². The second-order valence-electron chi connectivity index (χ2n) is 6.42. The maximum Gasteiger partial charge on any atom is 0.163 e. The first-order valence-corrected chi connectivity index (χ1v) is 8.34. The van der Waals surface area contributed by atoms with Crippen LogP contribution in [0.4, 0.5) is 5.69 Å². The normalized spacial score (nSPS) is 19.4. The number of hydrogen-bond donors (Lipinski definition) is 2. The van der Waals surface area contributed by atoms with Crippen molar-refractivity contribution in [2.75, 3.05) is 34.3 Å². The van der Waals surface area contributed by atoms with Crippen LogP contribution < -0.4 is 14.8 Å². The maximum atomic E-state index is 10.2. The van der Waals surface area contributed by atoms with Crippen LogP contribution in [0.3, 0.4) is 0 Å². The number of nitrogens with zero attached hydrogens (tertiary/aromatic N) is 3. The molecule has 1 fully saturated rings. The Morgan fingerprint density at radius 2 is 2.20 bits per heavy atom. The lowest BCUT2D eigenvalue weighted by Gasteiger charge is -2.27. The summed E-state index contributed by atoms with van der Waals surface area (Å²) in [5.74, 6) is 1.15. The zero-order chi connectivity index (χ0) is 18.4. The molecule has 2 unspecified atom stereocenters. The standard InChI is InChI=1S/C18H26N4O3/c1-12(23)18(13-5-6-20-10-13)25-17-8-15(21-11-22(2)3)14(9-19)7-16(17)24-4/h7-8,11-13,18,20,23H,5-6,10H2,1-4H3/t12-,13?,18?/m0/s1. The van der Waals surface area contributed by atoms with Crippen LogP contribution in [0.1, 0.15) is 18.9 Å². The van der Waals surface area contributed by atoms with Gasteiger partial charge in [-0.1, -0.05) is 0 Å². The summed E-state index contributed by atoms with van der Waals surface area (Å²) in [7, 11) is 5.24. The van der Waals surface area contributed by atoms with E-state index in [-0.39, 0.29) is 12.0 Å². The highest BCUT2D eigenvalue weighted by molar-refractivity contribution is 5.68. The molecule has 136 valence electrons. The molecule has 3 atom stereocenters. The molecule has 1 aromatic carbocycles. The zero-order valence-corrected chi connectivity index (χ0v) is 15.2. The van der Waals surface area contributed by atoms with E-state index >= 15 is 0 Å². The Hall–Kier alpha value is -2.30. The Labute approximate surface area is 148 Å². The minimum atomic E-state index is -0.626. The van der Waals surface area contributed by atoms with E-state index < -0.39 is 6.10 Å². The number of ether oxygens (including phenoxy) is 2. The number of benzene rings is 1. The van der Waals surface area contributed by atoms with Gasteiger partial charge in [0.15, 0.2) is 11.5 Å². The number of nitrogens with one attached hydrogen (secondary N) is 1. The van der Waals surface area contributed by atoms with Crippen molar-refractivity contribution in [2.24, 2.45) is 10.9 Å². The molecular formula is C18H26N4O3. The van der Waals surface area contributed by atoms with E-state index in [4.69, 9.17) is 9.47 Å². The fraction of sp³-hybridized carbons (Fsp3) is 0.556. The Bertz CT molecular complexity index is 646. The van der Waals surface area contributed by atoms with Crippen molar-refractivity contribution in [3.63, 3.8) is 0 Å². The Balaban J connectivity index is 2.37. The molecule has 0 spiro atoms. The van der Waals surface area contributed by atoms with Crippen LogP contribution in [-0.2, 0) is 0 Å². The molecule has 1 aliphatic heterocycles. The van der Waals surface area contributed by atoms with E-state index in [9.17, 15) is 10.4 Å². The maximum absolute atomic E-state index is 10.2. The van der Waals surface area contributed by atoms with E-state index in [1.54, 1.807) is 30.3 Å². The Morgan fingerprint density at radius 1 is 1.44 bits per heavy atom. The first kappa shape index (κ1) is 19.0. The molecular weight excluding hydrogens is 320 g/mol. The van der Waals surface area contributed by atoms with Crippen LogP contribution in [0.2, 0.25) is 0 Å². The van der Waals surface area contributed by atoms with Gasteiger partial charge in [-0.15, -0.1) is 0 Å². The van der Waals surface area contributed by atoms with Gasteiger partial charge in [-0.2, -0.15) is 5.26 Å². The van der Waals surface area contributed by atoms with E-state index in [1.807, 2.05) is 14.1 Å². The topological polar surface area (TPSA) is 90.1 Å². The van der Waals surface area contributed by atoms with Gasteiger partial charge in [0.05, 0.1) is 30.8 Å². The molecule has 2 rings (SSSR count). The lowest BCUT2D eigenvalue weighted by atomic mass is 9.97.